The fourth-order valence-corrected chi connectivity index (χ4v) is 3.84. The zero-order valence-corrected chi connectivity index (χ0v) is 16.7. The molecule has 0 atom stereocenters. The topological polar surface area (TPSA) is 111 Å². The Morgan fingerprint density at radius 2 is 1.86 bits per heavy atom. The molecule has 7 nitrogen and oxygen atoms in total. The van der Waals surface area contributed by atoms with Gasteiger partial charge in [0.05, 0.1) is 4.90 Å². The van der Waals surface area contributed by atoms with E-state index in [1.807, 2.05) is 24.3 Å². The van der Waals surface area contributed by atoms with Crippen LogP contribution in [-0.2, 0) is 16.6 Å². The first-order chi connectivity index (χ1) is 13.0. The van der Waals surface area contributed by atoms with Crippen LogP contribution in [0.4, 0.5) is 0 Å². The van der Waals surface area contributed by atoms with Crippen LogP contribution in [0.3, 0.4) is 0 Å². The van der Waals surface area contributed by atoms with E-state index in [-0.39, 0.29) is 23.2 Å². The van der Waals surface area contributed by atoms with Gasteiger partial charge in [-0.1, -0.05) is 35.5 Å². The van der Waals surface area contributed by atoms with Gasteiger partial charge in [-0.2, -0.15) is 4.98 Å². The SMILES string of the molecule is Cl.NCc1ccc(-c2noc(-c3cccc(S(=O)(=O)NCC4CC4)c3)n2)cc1. The van der Waals surface area contributed by atoms with Crippen molar-refractivity contribution < 1.29 is 12.9 Å². The van der Waals surface area contributed by atoms with Crippen molar-refractivity contribution >= 4 is 22.4 Å². The zero-order valence-electron chi connectivity index (χ0n) is 15.0. The fourth-order valence-electron chi connectivity index (χ4n) is 2.68. The predicted molar refractivity (Wildman–Crippen MR) is 108 cm³/mol. The molecule has 4 rings (SSSR count). The van der Waals surface area contributed by atoms with Crippen LogP contribution in [-0.4, -0.2) is 25.1 Å². The molecule has 0 saturated heterocycles. The Bertz CT molecular complexity index is 1050. The second-order valence-corrected chi connectivity index (χ2v) is 8.41. The van der Waals surface area contributed by atoms with Crippen molar-refractivity contribution in [1.29, 1.82) is 0 Å². The number of aromatic nitrogens is 2. The summed E-state index contributed by atoms with van der Waals surface area (Å²) in [6.07, 6.45) is 2.17. The van der Waals surface area contributed by atoms with Gasteiger partial charge in [-0.05, 0) is 42.5 Å². The smallest absolute Gasteiger partial charge is 0.258 e. The molecule has 0 bridgehead atoms. The zero-order chi connectivity index (χ0) is 18.9. The third kappa shape index (κ3) is 4.59. The van der Waals surface area contributed by atoms with Gasteiger partial charge < -0.3 is 10.3 Å². The van der Waals surface area contributed by atoms with Crippen molar-refractivity contribution in [3.05, 3.63) is 54.1 Å². The van der Waals surface area contributed by atoms with Gasteiger partial charge in [-0.25, -0.2) is 13.1 Å². The molecule has 0 spiro atoms. The maximum absolute atomic E-state index is 12.4. The molecule has 1 aliphatic carbocycles. The average molecular weight is 421 g/mol. The number of hydrogen-bond acceptors (Lipinski definition) is 6. The quantitative estimate of drug-likeness (QED) is 0.607. The standard InChI is InChI=1S/C19H20N4O3S.ClH/c20-11-13-6-8-15(9-7-13)18-22-19(26-23-18)16-2-1-3-17(10-16)27(24,25)21-12-14-4-5-14;/h1-3,6-10,14,21H,4-5,11-12,20H2;1H. The molecule has 148 valence electrons. The number of benzene rings is 2. The van der Waals surface area contributed by atoms with E-state index < -0.39 is 10.0 Å². The predicted octanol–water partition coefficient (Wildman–Crippen LogP) is 2.97. The molecule has 3 aromatic rings. The van der Waals surface area contributed by atoms with Crippen LogP contribution >= 0.6 is 12.4 Å². The summed E-state index contributed by atoms with van der Waals surface area (Å²) >= 11 is 0. The normalized spacial score (nSPS) is 13.9. The second kappa shape index (κ2) is 8.40. The monoisotopic (exact) mass is 420 g/mol. The van der Waals surface area contributed by atoms with Crippen LogP contribution < -0.4 is 10.5 Å². The van der Waals surface area contributed by atoms with Crippen molar-refractivity contribution in [2.75, 3.05) is 6.54 Å². The molecule has 28 heavy (non-hydrogen) atoms. The molecule has 2 aromatic carbocycles. The van der Waals surface area contributed by atoms with Crippen molar-refractivity contribution in [2.24, 2.45) is 11.7 Å². The van der Waals surface area contributed by atoms with Crippen molar-refractivity contribution in [3.63, 3.8) is 0 Å². The minimum atomic E-state index is -3.55. The molecule has 0 amide bonds. The van der Waals surface area contributed by atoms with Gasteiger partial charge in [0.2, 0.25) is 15.8 Å². The summed E-state index contributed by atoms with van der Waals surface area (Å²) in [5, 5.41) is 4.00. The molecular weight excluding hydrogens is 400 g/mol. The lowest BCUT2D eigenvalue weighted by molar-refractivity contribution is 0.432. The maximum Gasteiger partial charge on any atom is 0.258 e. The first-order valence-electron chi connectivity index (χ1n) is 8.78. The maximum atomic E-state index is 12.4. The molecule has 1 aliphatic rings. The Hall–Kier alpha value is -2.26. The Labute approximate surface area is 169 Å². The van der Waals surface area contributed by atoms with E-state index in [9.17, 15) is 8.42 Å². The van der Waals surface area contributed by atoms with E-state index in [1.54, 1.807) is 24.3 Å². The summed E-state index contributed by atoms with van der Waals surface area (Å²) in [4.78, 5) is 4.58. The molecule has 3 N–H and O–H groups in total. The molecular formula is C19H21ClN4O3S. The van der Waals surface area contributed by atoms with Crippen LogP contribution in [0.5, 0.6) is 0 Å². The third-order valence-corrected chi connectivity index (χ3v) is 5.95. The van der Waals surface area contributed by atoms with Crippen molar-refractivity contribution in [2.45, 2.75) is 24.3 Å². The van der Waals surface area contributed by atoms with Crippen molar-refractivity contribution in [1.82, 2.24) is 14.9 Å². The summed E-state index contributed by atoms with van der Waals surface area (Å²) in [6, 6.07) is 14.1. The lowest BCUT2D eigenvalue weighted by Gasteiger charge is -2.06. The fraction of sp³-hybridized carbons (Fsp3) is 0.263. The van der Waals surface area contributed by atoms with Gasteiger partial charge in [-0.15, -0.1) is 12.4 Å². The van der Waals surface area contributed by atoms with E-state index >= 15 is 0 Å². The molecule has 0 unspecified atom stereocenters. The summed E-state index contributed by atoms with van der Waals surface area (Å²) in [5.74, 6) is 1.17. The van der Waals surface area contributed by atoms with Gasteiger partial charge in [0.1, 0.15) is 0 Å². The third-order valence-electron chi connectivity index (χ3n) is 4.52. The number of nitrogens with zero attached hydrogens (tertiary/aromatic N) is 2. The minimum absolute atomic E-state index is 0. The molecule has 1 aromatic heterocycles. The lowest BCUT2D eigenvalue weighted by Crippen LogP contribution is -2.25. The van der Waals surface area contributed by atoms with E-state index in [0.717, 1.165) is 24.0 Å². The van der Waals surface area contributed by atoms with Gasteiger partial charge in [0.15, 0.2) is 0 Å². The second-order valence-electron chi connectivity index (χ2n) is 6.65. The number of sulfonamides is 1. The molecule has 9 heteroatoms. The molecule has 0 aliphatic heterocycles. The largest absolute Gasteiger partial charge is 0.334 e. The number of halogens is 1. The Morgan fingerprint density at radius 3 is 2.54 bits per heavy atom. The highest BCUT2D eigenvalue weighted by molar-refractivity contribution is 7.89. The lowest BCUT2D eigenvalue weighted by atomic mass is 10.1. The molecule has 1 saturated carbocycles. The van der Waals surface area contributed by atoms with Gasteiger partial charge in [-0.3, -0.25) is 0 Å². The van der Waals surface area contributed by atoms with Crippen molar-refractivity contribution in [3.8, 4) is 22.8 Å². The summed E-state index contributed by atoms with van der Waals surface area (Å²) in [6.45, 7) is 0.948. The van der Waals surface area contributed by atoms with Gasteiger partial charge in [0.25, 0.3) is 5.89 Å². The van der Waals surface area contributed by atoms with E-state index in [0.29, 0.717) is 30.4 Å². The van der Waals surface area contributed by atoms with Gasteiger partial charge >= 0.3 is 0 Å². The van der Waals surface area contributed by atoms with E-state index in [4.69, 9.17) is 10.3 Å². The highest BCUT2D eigenvalue weighted by Crippen LogP contribution is 2.29. The highest BCUT2D eigenvalue weighted by atomic mass is 35.5. The Balaban J connectivity index is 0.00000225. The average Bonchev–Trinajstić information content (AvgIpc) is 3.41. The number of rotatable bonds is 7. The van der Waals surface area contributed by atoms with E-state index in [1.165, 1.54) is 0 Å². The Morgan fingerprint density at radius 1 is 1.11 bits per heavy atom. The highest BCUT2D eigenvalue weighted by Gasteiger charge is 2.24. The van der Waals surface area contributed by atoms with Crippen LogP contribution in [0, 0.1) is 5.92 Å². The summed E-state index contributed by atoms with van der Waals surface area (Å²) < 4.78 is 32.9. The molecule has 0 radical (unpaired) electrons. The molecule has 1 fully saturated rings. The van der Waals surface area contributed by atoms with Crippen LogP contribution in [0.2, 0.25) is 0 Å². The summed E-state index contributed by atoms with van der Waals surface area (Å²) in [7, 11) is -3.55. The number of nitrogens with two attached hydrogens (primary N) is 1. The number of hydrogen-bond donors (Lipinski definition) is 2. The summed E-state index contributed by atoms with van der Waals surface area (Å²) in [5.41, 5.74) is 7.98. The van der Waals surface area contributed by atoms with Gasteiger partial charge in [0, 0.05) is 24.2 Å². The molecule has 1 heterocycles. The number of nitrogens with one attached hydrogen (secondary N) is 1. The van der Waals surface area contributed by atoms with Crippen LogP contribution in [0.25, 0.3) is 22.8 Å². The Kier molecular flexibility index (Phi) is 6.14. The van der Waals surface area contributed by atoms with Crippen LogP contribution in [0.1, 0.15) is 18.4 Å². The first-order valence-corrected chi connectivity index (χ1v) is 10.3. The minimum Gasteiger partial charge on any atom is -0.334 e. The van der Waals surface area contributed by atoms with Crippen LogP contribution in [0.15, 0.2) is 57.9 Å². The van der Waals surface area contributed by atoms with E-state index in [2.05, 4.69) is 14.9 Å². The first kappa shape index (κ1) is 20.5.